The first kappa shape index (κ1) is 61.6. The van der Waals surface area contributed by atoms with Gasteiger partial charge in [-0.1, -0.05) is 186 Å². The van der Waals surface area contributed by atoms with Gasteiger partial charge in [0.25, 0.3) is 0 Å². The first-order valence-electron chi connectivity index (χ1n) is 27.1. The van der Waals surface area contributed by atoms with Crippen LogP contribution < -0.4 is 5.32 Å². The molecule has 0 aromatic heterocycles. The van der Waals surface area contributed by atoms with Crippen molar-refractivity contribution in [2.75, 3.05) is 19.8 Å². The molecule has 0 spiro atoms. The van der Waals surface area contributed by atoms with Crippen LogP contribution in [-0.4, -0.2) is 140 Å². The van der Waals surface area contributed by atoms with Gasteiger partial charge in [-0.05, 0) is 44.9 Å². The summed E-state index contributed by atoms with van der Waals surface area (Å²) in [7, 11) is 0. The van der Waals surface area contributed by atoms with E-state index in [2.05, 4.69) is 43.5 Å². The van der Waals surface area contributed by atoms with Crippen LogP contribution in [0, 0.1) is 0 Å². The normalized spacial score (nSPS) is 26.7. The van der Waals surface area contributed by atoms with Crippen LogP contribution in [0.3, 0.4) is 0 Å². The zero-order valence-corrected chi connectivity index (χ0v) is 41.9. The molecule has 12 unspecified atom stereocenters. The number of carbonyl (C=O) groups is 1. The van der Waals surface area contributed by atoms with E-state index in [1.54, 1.807) is 0 Å². The van der Waals surface area contributed by atoms with Gasteiger partial charge in [0, 0.05) is 6.42 Å². The predicted molar refractivity (Wildman–Crippen MR) is 263 cm³/mol. The van der Waals surface area contributed by atoms with Gasteiger partial charge < -0.3 is 65.1 Å². The van der Waals surface area contributed by atoms with Crippen LogP contribution in [-0.2, 0) is 23.7 Å². The molecule has 0 saturated carbocycles. The molecule has 0 aromatic rings. The van der Waals surface area contributed by atoms with Crippen LogP contribution in [0.15, 0.2) is 24.3 Å². The molecule has 2 aliphatic heterocycles. The highest BCUT2D eigenvalue weighted by molar-refractivity contribution is 5.76. The molecule has 2 rings (SSSR count). The molecule has 12 atom stereocenters. The van der Waals surface area contributed by atoms with Crippen LogP contribution in [0.1, 0.15) is 213 Å². The highest BCUT2D eigenvalue weighted by Crippen LogP contribution is 2.30. The second kappa shape index (κ2) is 40.1. The Morgan fingerprint density at radius 2 is 0.985 bits per heavy atom. The summed E-state index contributed by atoms with van der Waals surface area (Å²) in [5.74, 6) is -0.210. The minimum Gasteiger partial charge on any atom is -0.394 e. The Labute approximate surface area is 405 Å². The first-order chi connectivity index (χ1) is 32.6. The Hall–Kier alpha value is -1.53. The Bertz CT molecular complexity index is 1220. The lowest BCUT2D eigenvalue weighted by Gasteiger charge is -2.46. The van der Waals surface area contributed by atoms with Crippen molar-refractivity contribution < 1.29 is 64.6 Å². The van der Waals surface area contributed by atoms with Gasteiger partial charge in [0.05, 0.1) is 32.0 Å². The summed E-state index contributed by atoms with van der Waals surface area (Å²) in [6, 6.07) is -0.826. The molecule has 2 saturated heterocycles. The average molecular weight is 958 g/mol. The molecule has 0 radical (unpaired) electrons. The summed E-state index contributed by atoms with van der Waals surface area (Å²) in [6.07, 6.45) is 27.6. The molecule has 0 bridgehead atoms. The largest absolute Gasteiger partial charge is 0.394 e. The van der Waals surface area contributed by atoms with Crippen molar-refractivity contribution in [3.63, 3.8) is 0 Å². The zero-order valence-electron chi connectivity index (χ0n) is 41.9. The molecular formula is C53H99NO13. The summed E-state index contributed by atoms with van der Waals surface area (Å²) in [4.78, 5) is 13.2. The van der Waals surface area contributed by atoms with Crippen molar-refractivity contribution in [2.45, 2.75) is 286 Å². The highest BCUT2D eigenvalue weighted by Gasteiger charge is 2.51. The number of allylic oxidation sites excluding steroid dienone is 4. The van der Waals surface area contributed by atoms with Gasteiger partial charge >= 0.3 is 0 Å². The fraction of sp³-hybridized carbons (Fsp3) is 0.906. The summed E-state index contributed by atoms with van der Waals surface area (Å²) in [5.41, 5.74) is 0. The van der Waals surface area contributed by atoms with E-state index in [9.17, 15) is 45.6 Å². The van der Waals surface area contributed by atoms with Gasteiger partial charge in [-0.3, -0.25) is 4.79 Å². The molecule has 14 nitrogen and oxygen atoms in total. The van der Waals surface area contributed by atoms with Gasteiger partial charge in [-0.15, -0.1) is 0 Å². The number of hydrogen-bond donors (Lipinski definition) is 9. The molecule has 2 aliphatic rings. The van der Waals surface area contributed by atoms with Gasteiger partial charge in [-0.25, -0.2) is 0 Å². The molecule has 9 N–H and O–H groups in total. The Morgan fingerprint density at radius 3 is 1.49 bits per heavy atom. The molecule has 67 heavy (non-hydrogen) atoms. The predicted octanol–water partition coefficient (Wildman–Crippen LogP) is 7.72. The van der Waals surface area contributed by atoms with Gasteiger partial charge in [0.2, 0.25) is 5.91 Å². The quantitative estimate of drug-likeness (QED) is 0.0211. The number of ether oxygens (including phenoxy) is 4. The Kier molecular flexibility index (Phi) is 36.9. The SMILES string of the molecule is CCCCCCC/C=C\C/C=C\CCCCCCCCCCCCCC(=O)NC(COC1OC(CO)C(OC2OC(CO)C(O)C(O)C2O)C(O)C1O)C(O)CCCCCCCCCCCC. The van der Waals surface area contributed by atoms with Crippen molar-refractivity contribution in [3.05, 3.63) is 24.3 Å². The number of amides is 1. The summed E-state index contributed by atoms with van der Waals surface area (Å²) < 4.78 is 22.7. The van der Waals surface area contributed by atoms with Crippen molar-refractivity contribution in [2.24, 2.45) is 0 Å². The number of hydrogen-bond acceptors (Lipinski definition) is 13. The van der Waals surface area contributed by atoms with Crippen LogP contribution in [0.2, 0.25) is 0 Å². The fourth-order valence-electron chi connectivity index (χ4n) is 8.97. The third-order valence-corrected chi connectivity index (χ3v) is 13.4. The smallest absolute Gasteiger partial charge is 0.220 e. The van der Waals surface area contributed by atoms with E-state index in [0.717, 1.165) is 57.8 Å². The molecule has 2 heterocycles. The van der Waals surface area contributed by atoms with Gasteiger partial charge in [0.1, 0.15) is 48.8 Å². The van der Waals surface area contributed by atoms with E-state index in [1.165, 1.54) is 128 Å². The van der Waals surface area contributed by atoms with E-state index in [1.807, 2.05) is 0 Å². The standard InChI is InChI=1S/C53H99NO13/c1-3-5-7-9-11-13-15-16-17-18-19-20-21-22-23-24-25-26-27-29-31-33-35-37-45(58)54-41(42(57)36-34-32-30-28-14-12-10-8-6-4-2)40-64-52-50(63)48(61)51(44(39-56)66-52)67-53-49(62)47(60)46(59)43(38-55)65-53/h15-16,18-19,41-44,46-53,55-57,59-63H,3-14,17,20-40H2,1-2H3,(H,54,58)/b16-15-,19-18-. The molecule has 1 amide bonds. The maximum absolute atomic E-state index is 13.2. The van der Waals surface area contributed by atoms with Gasteiger partial charge in [-0.2, -0.15) is 0 Å². The van der Waals surface area contributed by atoms with Crippen LogP contribution in [0.25, 0.3) is 0 Å². The van der Waals surface area contributed by atoms with Crippen molar-refractivity contribution in [1.29, 1.82) is 0 Å². The molecule has 14 heteroatoms. The summed E-state index contributed by atoms with van der Waals surface area (Å²) in [6.45, 7) is 2.82. The average Bonchev–Trinajstić information content (AvgIpc) is 3.32. The number of aliphatic hydroxyl groups excluding tert-OH is 8. The van der Waals surface area contributed by atoms with Gasteiger partial charge in [0.15, 0.2) is 12.6 Å². The second-order valence-corrected chi connectivity index (χ2v) is 19.4. The highest BCUT2D eigenvalue weighted by atomic mass is 16.7. The number of carbonyl (C=O) groups excluding carboxylic acids is 1. The zero-order chi connectivity index (χ0) is 48.9. The summed E-state index contributed by atoms with van der Waals surface area (Å²) >= 11 is 0. The lowest BCUT2D eigenvalue weighted by Crippen LogP contribution is -2.65. The van der Waals surface area contributed by atoms with Crippen LogP contribution >= 0.6 is 0 Å². The third kappa shape index (κ3) is 27.0. The molecule has 394 valence electrons. The maximum Gasteiger partial charge on any atom is 0.220 e. The van der Waals surface area contributed by atoms with Crippen LogP contribution in [0.4, 0.5) is 0 Å². The van der Waals surface area contributed by atoms with Crippen molar-refractivity contribution in [1.82, 2.24) is 5.32 Å². The minimum absolute atomic E-state index is 0.210. The van der Waals surface area contributed by atoms with Crippen molar-refractivity contribution >= 4 is 5.91 Å². The number of unbranched alkanes of at least 4 members (excludes halogenated alkanes) is 25. The fourth-order valence-corrected chi connectivity index (χ4v) is 8.97. The van der Waals surface area contributed by atoms with Crippen molar-refractivity contribution in [3.8, 4) is 0 Å². The topological polar surface area (TPSA) is 228 Å². The lowest BCUT2D eigenvalue weighted by molar-refractivity contribution is -0.359. The Balaban J connectivity index is 1.74. The lowest BCUT2D eigenvalue weighted by atomic mass is 9.97. The number of rotatable bonds is 42. The number of aliphatic hydroxyl groups is 8. The second-order valence-electron chi connectivity index (χ2n) is 19.4. The van der Waals surface area contributed by atoms with Crippen LogP contribution in [0.5, 0.6) is 0 Å². The van der Waals surface area contributed by atoms with E-state index in [-0.39, 0.29) is 12.5 Å². The van der Waals surface area contributed by atoms with E-state index in [4.69, 9.17) is 18.9 Å². The first-order valence-corrected chi connectivity index (χ1v) is 27.1. The monoisotopic (exact) mass is 958 g/mol. The molecule has 0 aliphatic carbocycles. The van der Waals surface area contributed by atoms with E-state index >= 15 is 0 Å². The third-order valence-electron chi connectivity index (χ3n) is 13.4. The van der Waals surface area contributed by atoms with E-state index < -0.39 is 86.8 Å². The number of nitrogens with one attached hydrogen (secondary N) is 1. The Morgan fingerprint density at radius 1 is 0.537 bits per heavy atom. The molecular weight excluding hydrogens is 859 g/mol. The maximum atomic E-state index is 13.2. The van der Waals surface area contributed by atoms with E-state index in [0.29, 0.717) is 12.8 Å². The molecule has 0 aromatic carbocycles. The minimum atomic E-state index is -1.78. The molecule has 2 fully saturated rings. The summed E-state index contributed by atoms with van der Waals surface area (Å²) in [5, 5.41) is 86.9.